The molecular weight excluding hydrogens is 418 g/mol. The van der Waals surface area contributed by atoms with Crippen LogP contribution in [-0.2, 0) is 14.3 Å². The predicted molar refractivity (Wildman–Crippen MR) is 89.6 cm³/mol. The second-order valence-electron chi connectivity index (χ2n) is 4.43. The van der Waals surface area contributed by atoms with Crippen LogP contribution in [0, 0.1) is 0 Å². The molecular formula is C14H12BrN3O6S. The largest absolute Gasteiger partial charge is 0.454 e. The summed E-state index contributed by atoms with van der Waals surface area (Å²) in [7, 11) is 0. The van der Waals surface area contributed by atoms with E-state index < -0.39 is 36.8 Å². The Morgan fingerprint density at radius 1 is 1.12 bits per heavy atom. The molecule has 0 saturated carbocycles. The molecule has 2 rings (SSSR count). The average molecular weight is 430 g/mol. The molecule has 0 saturated heterocycles. The molecule has 9 nitrogen and oxygen atoms in total. The van der Waals surface area contributed by atoms with Gasteiger partial charge in [-0.1, -0.05) is 6.07 Å². The summed E-state index contributed by atoms with van der Waals surface area (Å²) in [4.78, 5) is 46.6. The molecule has 0 unspecified atom stereocenters. The first-order chi connectivity index (χ1) is 12.0. The molecule has 0 atom stereocenters. The lowest BCUT2D eigenvalue weighted by Gasteiger charge is -2.07. The van der Waals surface area contributed by atoms with Crippen molar-refractivity contribution >= 4 is 51.0 Å². The molecule has 2 aromatic rings. The van der Waals surface area contributed by atoms with Crippen molar-refractivity contribution in [2.24, 2.45) is 0 Å². The molecule has 2 heterocycles. The zero-order chi connectivity index (χ0) is 18.2. The van der Waals surface area contributed by atoms with Gasteiger partial charge in [0.1, 0.15) is 6.54 Å². The zero-order valence-corrected chi connectivity index (χ0v) is 14.9. The van der Waals surface area contributed by atoms with Crippen molar-refractivity contribution in [2.45, 2.75) is 0 Å². The van der Waals surface area contributed by atoms with E-state index in [4.69, 9.17) is 4.42 Å². The number of hydrogen-bond acceptors (Lipinski definition) is 7. The monoisotopic (exact) mass is 429 g/mol. The van der Waals surface area contributed by atoms with Gasteiger partial charge in [0.15, 0.2) is 17.0 Å². The van der Waals surface area contributed by atoms with Crippen molar-refractivity contribution < 1.29 is 28.3 Å². The SMILES string of the molecule is O=C(COC(=O)CNC(=O)c1ccc(Br)o1)NNC(=O)c1cccs1. The average Bonchev–Trinajstić information content (AvgIpc) is 3.27. The van der Waals surface area contributed by atoms with E-state index in [0.717, 1.165) is 0 Å². The number of carbonyl (C=O) groups excluding carboxylic acids is 4. The van der Waals surface area contributed by atoms with Gasteiger partial charge in [-0.15, -0.1) is 11.3 Å². The second-order valence-corrected chi connectivity index (χ2v) is 6.16. The van der Waals surface area contributed by atoms with Crippen molar-refractivity contribution in [3.8, 4) is 0 Å². The first-order valence-corrected chi connectivity index (χ1v) is 8.45. The fourth-order valence-corrected chi connectivity index (χ4v) is 2.43. The van der Waals surface area contributed by atoms with Gasteiger partial charge in [0.25, 0.3) is 17.7 Å². The predicted octanol–water partition coefficient (Wildman–Crippen LogP) is 0.838. The minimum absolute atomic E-state index is 0.0220. The van der Waals surface area contributed by atoms with E-state index >= 15 is 0 Å². The molecule has 3 amide bonds. The molecule has 3 N–H and O–H groups in total. The third-order valence-electron chi connectivity index (χ3n) is 2.61. The Bertz CT molecular complexity index is 773. The summed E-state index contributed by atoms with van der Waals surface area (Å²) < 4.78 is 10.1. The number of esters is 1. The van der Waals surface area contributed by atoms with Gasteiger partial charge in [-0.2, -0.15) is 0 Å². The van der Waals surface area contributed by atoms with Gasteiger partial charge in [0.2, 0.25) is 0 Å². The summed E-state index contributed by atoms with van der Waals surface area (Å²) in [5.74, 6) is -2.60. The number of ether oxygens (including phenoxy) is 1. The Morgan fingerprint density at radius 3 is 2.56 bits per heavy atom. The maximum Gasteiger partial charge on any atom is 0.325 e. The first-order valence-electron chi connectivity index (χ1n) is 6.77. The van der Waals surface area contributed by atoms with Crippen LogP contribution < -0.4 is 16.2 Å². The summed E-state index contributed by atoms with van der Waals surface area (Å²) in [5, 5.41) is 3.99. The van der Waals surface area contributed by atoms with Crippen LogP contribution in [0.15, 0.2) is 38.7 Å². The number of hydrogen-bond donors (Lipinski definition) is 3. The number of rotatable bonds is 6. The van der Waals surface area contributed by atoms with Crippen LogP contribution in [0.3, 0.4) is 0 Å². The maximum atomic E-state index is 11.6. The number of carbonyl (C=O) groups is 4. The van der Waals surface area contributed by atoms with Crippen LogP contribution in [0.2, 0.25) is 0 Å². The molecule has 0 aliphatic rings. The number of halogens is 1. The third-order valence-corrected chi connectivity index (χ3v) is 3.91. The fourth-order valence-electron chi connectivity index (χ4n) is 1.50. The van der Waals surface area contributed by atoms with E-state index in [1.165, 1.54) is 23.5 Å². The Kier molecular flexibility index (Phi) is 6.71. The van der Waals surface area contributed by atoms with Crippen LogP contribution in [0.4, 0.5) is 0 Å². The molecule has 0 fully saturated rings. The quantitative estimate of drug-likeness (QED) is 0.461. The summed E-state index contributed by atoms with van der Waals surface area (Å²) in [6.07, 6.45) is 0. The van der Waals surface area contributed by atoms with Gasteiger partial charge in [0.05, 0.1) is 4.88 Å². The van der Waals surface area contributed by atoms with Crippen LogP contribution in [0.25, 0.3) is 0 Å². The Morgan fingerprint density at radius 2 is 1.92 bits per heavy atom. The van der Waals surface area contributed by atoms with Gasteiger partial charge >= 0.3 is 5.97 Å². The lowest BCUT2D eigenvalue weighted by atomic mass is 10.4. The molecule has 0 aliphatic heterocycles. The molecule has 0 spiro atoms. The topological polar surface area (TPSA) is 127 Å². The molecule has 11 heteroatoms. The van der Waals surface area contributed by atoms with E-state index in [-0.39, 0.29) is 5.76 Å². The van der Waals surface area contributed by atoms with Gasteiger partial charge < -0.3 is 14.5 Å². The lowest BCUT2D eigenvalue weighted by Crippen LogP contribution is -2.43. The zero-order valence-electron chi connectivity index (χ0n) is 12.5. The molecule has 0 aliphatic carbocycles. The van der Waals surface area contributed by atoms with E-state index in [2.05, 4.69) is 36.8 Å². The Balaban J connectivity index is 1.63. The smallest absolute Gasteiger partial charge is 0.325 e. The number of nitrogens with one attached hydrogen (secondary N) is 3. The number of amides is 3. The minimum atomic E-state index is -0.821. The van der Waals surface area contributed by atoms with Crippen molar-refractivity contribution in [1.29, 1.82) is 0 Å². The second kappa shape index (κ2) is 8.99. The number of hydrazine groups is 1. The van der Waals surface area contributed by atoms with Crippen molar-refractivity contribution in [1.82, 2.24) is 16.2 Å². The highest BCUT2D eigenvalue weighted by atomic mass is 79.9. The first kappa shape index (κ1) is 18.7. The van der Waals surface area contributed by atoms with Crippen molar-refractivity contribution in [2.75, 3.05) is 13.2 Å². The highest BCUT2D eigenvalue weighted by Gasteiger charge is 2.14. The van der Waals surface area contributed by atoms with Gasteiger partial charge in [-0.25, -0.2) is 0 Å². The summed E-state index contributed by atoms with van der Waals surface area (Å²) in [6, 6.07) is 6.24. The third kappa shape index (κ3) is 6.04. The van der Waals surface area contributed by atoms with E-state index in [1.54, 1.807) is 17.5 Å². The minimum Gasteiger partial charge on any atom is -0.454 e. The lowest BCUT2D eigenvalue weighted by molar-refractivity contribution is -0.147. The Labute approximate surface area is 153 Å². The highest BCUT2D eigenvalue weighted by molar-refractivity contribution is 9.10. The van der Waals surface area contributed by atoms with Crippen LogP contribution >= 0.6 is 27.3 Å². The normalized spacial score (nSPS) is 9.96. The van der Waals surface area contributed by atoms with Crippen molar-refractivity contribution in [3.05, 3.63) is 45.0 Å². The molecule has 2 aromatic heterocycles. The van der Waals surface area contributed by atoms with E-state index in [9.17, 15) is 19.2 Å². The fraction of sp³-hybridized carbons (Fsp3) is 0.143. The molecule has 25 heavy (non-hydrogen) atoms. The molecule has 0 aromatic carbocycles. The van der Waals surface area contributed by atoms with Gasteiger partial charge in [0, 0.05) is 0 Å². The number of furan rings is 1. The maximum absolute atomic E-state index is 11.6. The van der Waals surface area contributed by atoms with Crippen LogP contribution in [-0.4, -0.2) is 36.8 Å². The van der Waals surface area contributed by atoms with E-state index in [1.807, 2.05) is 0 Å². The molecule has 132 valence electrons. The standard InChI is InChI=1S/C14H12BrN3O6S/c15-10-4-3-8(24-10)13(21)16-6-12(20)23-7-11(19)17-18-14(22)9-2-1-5-25-9/h1-5H,6-7H2,(H,16,21)(H,17,19)(H,18,22). The molecule has 0 bridgehead atoms. The van der Waals surface area contributed by atoms with Gasteiger partial charge in [-0.05, 0) is 39.5 Å². The highest BCUT2D eigenvalue weighted by Crippen LogP contribution is 2.13. The van der Waals surface area contributed by atoms with Gasteiger partial charge in [-0.3, -0.25) is 30.0 Å². The van der Waals surface area contributed by atoms with Crippen LogP contribution in [0.5, 0.6) is 0 Å². The van der Waals surface area contributed by atoms with E-state index in [0.29, 0.717) is 9.55 Å². The Hall–Kier alpha value is -2.66. The molecule has 0 radical (unpaired) electrons. The summed E-state index contributed by atoms with van der Waals surface area (Å²) in [6.45, 7) is -1.04. The summed E-state index contributed by atoms with van der Waals surface area (Å²) in [5.41, 5.74) is 4.28. The number of thiophene rings is 1. The summed E-state index contributed by atoms with van der Waals surface area (Å²) >= 11 is 4.26. The van der Waals surface area contributed by atoms with Crippen molar-refractivity contribution in [3.63, 3.8) is 0 Å². The van der Waals surface area contributed by atoms with Crippen LogP contribution in [0.1, 0.15) is 20.2 Å².